The van der Waals surface area contributed by atoms with Crippen molar-refractivity contribution < 1.29 is 22.7 Å². The molecule has 0 radical (unpaired) electrons. The fourth-order valence-electron chi connectivity index (χ4n) is 6.49. The summed E-state index contributed by atoms with van der Waals surface area (Å²) in [6.07, 6.45) is 8.54. The summed E-state index contributed by atoms with van der Waals surface area (Å²) in [6.45, 7) is 9.12. The lowest BCUT2D eigenvalue weighted by atomic mass is 9.81. The lowest BCUT2D eigenvalue weighted by Gasteiger charge is -2.34. The second-order valence-electron chi connectivity index (χ2n) is 13.9. The number of urea groups is 1. The maximum absolute atomic E-state index is 13.5. The smallest absolute Gasteiger partial charge is 0.320 e. The molecule has 0 spiro atoms. The highest BCUT2D eigenvalue weighted by Gasteiger charge is 2.40. The molecule has 48 heavy (non-hydrogen) atoms. The van der Waals surface area contributed by atoms with E-state index in [1.807, 2.05) is 55.6 Å². The van der Waals surface area contributed by atoms with E-state index in [2.05, 4.69) is 44.4 Å². The first-order valence-electron chi connectivity index (χ1n) is 15.8. The van der Waals surface area contributed by atoms with Gasteiger partial charge in [0, 0.05) is 11.3 Å². The molecule has 0 saturated carbocycles. The van der Waals surface area contributed by atoms with E-state index in [1.165, 1.54) is 6.07 Å². The minimum absolute atomic E-state index is 0.245. The molecule has 2 aliphatic rings. The quantitative estimate of drug-likeness (QED) is 0.170. The molecule has 0 unspecified atom stereocenters. The maximum atomic E-state index is 13.5. The van der Waals surface area contributed by atoms with Crippen LogP contribution in [-0.2, 0) is 31.3 Å². The Labute approximate surface area is 280 Å². The average molecular weight is 672 g/mol. The highest BCUT2D eigenvalue weighted by Crippen LogP contribution is 2.39. The zero-order chi connectivity index (χ0) is 34.5. The summed E-state index contributed by atoms with van der Waals surface area (Å²) < 4.78 is 34.9. The van der Waals surface area contributed by atoms with Gasteiger partial charge < -0.3 is 15.4 Å². The Hall–Kier alpha value is -4.75. The van der Waals surface area contributed by atoms with E-state index in [4.69, 9.17) is 4.74 Å². The fraction of sp³-hybridized carbons (Fsp3) is 0.371. The fourth-order valence-corrected chi connectivity index (χ4v) is 7.04. The molecule has 2 aromatic carbocycles. The first-order chi connectivity index (χ1) is 22.6. The van der Waals surface area contributed by atoms with Crippen LogP contribution in [0.3, 0.4) is 0 Å². The second-order valence-corrected chi connectivity index (χ2v) is 15.6. The highest BCUT2D eigenvalue weighted by molar-refractivity contribution is 7.92. The zero-order valence-electron chi connectivity index (χ0n) is 27.9. The van der Waals surface area contributed by atoms with Crippen LogP contribution < -0.4 is 20.1 Å². The summed E-state index contributed by atoms with van der Waals surface area (Å²) in [4.78, 5) is 28.6. The molecule has 13 heteroatoms. The van der Waals surface area contributed by atoms with Crippen LogP contribution in [0.2, 0.25) is 0 Å². The van der Waals surface area contributed by atoms with Crippen LogP contribution in [0.15, 0.2) is 72.9 Å². The monoisotopic (exact) mass is 671 g/mol. The van der Waals surface area contributed by atoms with Crippen molar-refractivity contribution in [3.05, 3.63) is 95.5 Å². The van der Waals surface area contributed by atoms with Crippen molar-refractivity contribution >= 4 is 39.4 Å². The van der Waals surface area contributed by atoms with E-state index in [0.29, 0.717) is 34.5 Å². The van der Waals surface area contributed by atoms with Crippen LogP contribution in [0.25, 0.3) is 5.65 Å². The van der Waals surface area contributed by atoms with Crippen molar-refractivity contribution in [2.24, 2.45) is 0 Å². The number of hydrogen-bond acceptors (Lipinski definition) is 8. The third kappa shape index (κ3) is 6.39. The Kier molecular flexibility index (Phi) is 8.32. The van der Waals surface area contributed by atoms with E-state index >= 15 is 0 Å². The molecule has 1 aliphatic heterocycles. The Balaban J connectivity index is 1.27. The molecular weight excluding hydrogens is 630 g/mol. The van der Waals surface area contributed by atoms with Gasteiger partial charge in [-0.2, -0.15) is 0 Å². The van der Waals surface area contributed by atoms with Crippen LogP contribution in [0.1, 0.15) is 69.2 Å². The van der Waals surface area contributed by atoms with E-state index in [1.54, 1.807) is 36.4 Å². The zero-order valence-corrected chi connectivity index (χ0v) is 28.8. The van der Waals surface area contributed by atoms with Crippen LogP contribution in [0, 0.1) is 0 Å². The van der Waals surface area contributed by atoms with Gasteiger partial charge in [-0.25, -0.2) is 13.2 Å². The molecular formula is C35H41N7O5S. The van der Waals surface area contributed by atoms with E-state index in [0.717, 1.165) is 42.7 Å². The van der Waals surface area contributed by atoms with Gasteiger partial charge in [0.15, 0.2) is 17.8 Å². The number of hydrogen-bond donors (Lipinski definition) is 3. The summed E-state index contributed by atoms with van der Waals surface area (Å²) >= 11 is 0. The third-order valence-corrected chi connectivity index (χ3v) is 9.84. The standard InChI is InChI=1S/C35H41N7O5S/c1-33(2,3)23-18-24(20-25(19-23)40-48(6,45)46)36-32(44)37-35(22-43)16-14-29(27-10-7-8-11-28(27)35)47-26-12-13-30-38-39-31(42(30)21-26)34(4)15-9-17-41(34)5/h7-8,10-14,16,18-22,29,40H,9,15,17H2,1-6H3,(H2,36,37,44)/t29-,34+,35-/m1/s1. The van der Waals surface area contributed by atoms with Crippen molar-refractivity contribution in [1.82, 2.24) is 24.8 Å². The molecule has 4 aromatic rings. The molecule has 3 heterocycles. The lowest BCUT2D eigenvalue weighted by molar-refractivity contribution is -0.111. The molecule has 1 aliphatic carbocycles. The van der Waals surface area contributed by atoms with Crippen molar-refractivity contribution in [1.29, 1.82) is 0 Å². The Morgan fingerprint density at radius 1 is 1.08 bits per heavy atom. The minimum Gasteiger partial charge on any atom is -0.480 e. The third-order valence-electron chi connectivity index (χ3n) is 9.23. The topological polar surface area (TPSA) is 147 Å². The number of likely N-dealkylation sites (tertiary alicyclic amines) is 1. The highest BCUT2D eigenvalue weighted by atomic mass is 32.2. The number of anilines is 2. The van der Waals surface area contributed by atoms with E-state index in [-0.39, 0.29) is 11.0 Å². The second kappa shape index (κ2) is 12.0. The van der Waals surface area contributed by atoms with Crippen molar-refractivity contribution in [3.63, 3.8) is 0 Å². The van der Waals surface area contributed by atoms with E-state index < -0.39 is 27.7 Å². The van der Waals surface area contributed by atoms with Crippen LogP contribution in [0.4, 0.5) is 16.2 Å². The summed E-state index contributed by atoms with van der Waals surface area (Å²) in [7, 11) is -1.46. The van der Waals surface area contributed by atoms with Crippen molar-refractivity contribution in [3.8, 4) is 5.75 Å². The predicted octanol–water partition coefficient (Wildman–Crippen LogP) is 5.24. The number of carbonyl (C=O) groups is 2. The summed E-state index contributed by atoms with van der Waals surface area (Å²) in [5.41, 5.74) is 1.43. The van der Waals surface area contributed by atoms with Crippen molar-refractivity contribution in [2.45, 2.75) is 63.1 Å². The molecule has 1 saturated heterocycles. The number of pyridine rings is 1. The van der Waals surface area contributed by atoms with Gasteiger partial charge in [-0.15, -0.1) is 10.2 Å². The van der Waals surface area contributed by atoms with Crippen LogP contribution in [-0.4, -0.2) is 60.1 Å². The van der Waals surface area contributed by atoms with Gasteiger partial charge in [-0.3, -0.25) is 18.8 Å². The number of benzene rings is 2. The van der Waals surface area contributed by atoms with Gasteiger partial charge in [0.2, 0.25) is 10.0 Å². The number of nitrogens with zero attached hydrogens (tertiary/aromatic N) is 4. The number of sulfonamides is 1. The molecule has 6 rings (SSSR count). The van der Waals surface area contributed by atoms with Crippen molar-refractivity contribution in [2.75, 3.05) is 29.9 Å². The SMILES string of the molecule is CN1CCC[C@@]1(C)c1nnc2ccc(O[C@@H]3C=C[C@](C=O)(NC(=O)Nc4cc(NS(C)(=O)=O)cc(C(C)(C)C)c4)c4ccccc43)cn12. The predicted molar refractivity (Wildman–Crippen MR) is 185 cm³/mol. The molecule has 0 bridgehead atoms. The maximum Gasteiger partial charge on any atom is 0.320 e. The molecule has 2 aromatic heterocycles. The number of carbonyl (C=O) groups excluding carboxylic acids is 2. The molecule has 2 amide bonds. The Morgan fingerprint density at radius 2 is 1.83 bits per heavy atom. The van der Waals surface area contributed by atoms with Gasteiger partial charge in [-0.05, 0) is 92.4 Å². The molecule has 1 fully saturated rings. The molecule has 3 N–H and O–H groups in total. The van der Waals surface area contributed by atoms with E-state index in [9.17, 15) is 18.0 Å². The average Bonchev–Trinajstić information content (AvgIpc) is 3.59. The number of ether oxygens (including phenoxy) is 1. The molecule has 3 atom stereocenters. The largest absolute Gasteiger partial charge is 0.480 e. The number of nitrogens with one attached hydrogen (secondary N) is 3. The first kappa shape index (κ1) is 33.2. The Morgan fingerprint density at radius 3 is 2.52 bits per heavy atom. The van der Waals surface area contributed by atoms with Gasteiger partial charge in [0.1, 0.15) is 17.4 Å². The summed E-state index contributed by atoms with van der Waals surface area (Å²) in [6, 6.07) is 15.4. The minimum atomic E-state index is -3.56. The number of aromatic nitrogens is 3. The lowest BCUT2D eigenvalue weighted by Crippen LogP contribution is -2.49. The van der Waals surface area contributed by atoms with Gasteiger partial charge in [0.05, 0.1) is 23.7 Å². The van der Waals surface area contributed by atoms with Crippen LogP contribution in [0.5, 0.6) is 5.75 Å². The number of aldehydes is 1. The molecule has 12 nitrogen and oxygen atoms in total. The van der Waals surface area contributed by atoms with Crippen LogP contribution >= 0.6 is 0 Å². The molecule has 252 valence electrons. The Bertz CT molecular complexity index is 2040. The number of fused-ring (bicyclic) bond motifs is 2. The van der Waals surface area contributed by atoms with Gasteiger partial charge >= 0.3 is 6.03 Å². The summed E-state index contributed by atoms with van der Waals surface area (Å²) in [5.74, 6) is 1.45. The normalized spacial score (nSPS) is 22.7. The number of rotatable bonds is 8. The van der Waals surface area contributed by atoms with Gasteiger partial charge in [0.25, 0.3) is 0 Å². The first-order valence-corrected chi connectivity index (χ1v) is 17.7. The number of amides is 2. The van der Waals surface area contributed by atoms with Gasteiger partial charge in [-0.1, -0.05) is 45.0 Å². The summed E-state index contributed by atoms with van der Waals surface area (Å²) in [5, 5.41) is 14.6.